The van der Waals surface area contributed by atoms with Crippen LogP contribution in [0.4, 0.5) is 0 Å². The van der Waals surface area contributed by atoms with E-state index in [4.69, 9.17) is 9.47 Å². The van der Waals surface area contributed by atoms with E-state index in [2.05, 4.69) is 4.98 Å². The Kier molecular flexibility index (Phi) is 5.15. The highest BCUT2D eigenvalue weighted by molar-refractivity contribution is 5.95. The predicted octanol–water partition coefficient (Wildman–Crippen LogP) is 3.91. The molecule has 116 valence electrons. The number of carbonyl (C=O) groups is 1. The van der Waals surface area contributed by atoms with Gasteiger partial charge in [0, 0.05) is 17.2 Å². The molecular formula is C18H21NO3. The standard InChI is InChI=1S/C18H21NO3/c1-5-21-17(20)10-9-14-11-13(4)19-18-15(14)7-6-8-16(18)22-12(2)3/h6-12H,5H2,1-4H3/b10-9+. The zero-order valence-electron chi connectivity index (χ0n) is 13.4. The molecule has 1 aromatic heterocycles. The van der Waals surface area contributed by atoms with Gasteiger partial charge in [0.2, 0.25) is 0 Å². The zero-order valence-corrected chi connectivity index (χ0v) is 13.4. The first-order valence-electron chi connectivity index (χ1n) is 7.43. The Morgan fingerprint density at radius 2 is 2.14 bits per heavy atom. The lowest BCUT2D eigenvalue weighted by atomic mass is 10.1. The van der Waals surface area contributed by atoms with Crippen LogP contribution in [0.5, 0.6) is 5.75 Å². The second-order valence-electron chi connectivity index (χ2n) is 5.26. The number of pyridine rings is 1. The van der Waals surface area contributed by atoms with Gasteiger partial charge in [0.05, 0.1) is 12.7 Å². The molecule has 0 bridgehead atoms. The van der Waals surface area contributed by atoms with Crippen LogP contribution in [-0.4, -0.2) is 23.7 Å². The monoisotopic (exact) mass is 299 g/mol. The first-order valence-corrected chi connectivity index (χ1v) is 7.43. The van der Waals surface area contributed by atoms with E-state index in [0.717, 1.165) is 27.9 Å². The Labute approximate surface area is 130 Å². The van der Waals surface area contributed by atoms with Gasteiger partial charge in [0.25, 0.3) is 0 Å². The lowest BCUT2D eigenvalue weighted by Gasteiger charge is -2.13. The van der Waals surface area contributed by atoms with E-state index < -0.39 is 0 Å². The fourth-order valence-electron chi connectivity index (χ4n) is 2.22. The zero-order chi connectivity index (χ0) is 16.1. The minimum absolute atomic E-state index is 0.0754. The molecule has 1 heterocycles. The molecule has 0 unspecified atom stereocenters. The van der Waals surface area contributed by atoms with Gasteiger partial charge in [0.15, 0.2) is 0 Å². The first kappa shape index (κ1) is 16.0. The topological polar surface area (TPSA) is 48.4 Å². The van der Waals surface area contributed by atoms with Crippen molar-refractivity contribution >= 4 is 22.9 Å². The van der Waals surface area contributed by atoms with E-state index in [1.54, 1.807) is 13.0 Å². The van der Waals surface area contributed by atoms with Gasteiger partial charge in [-0.25, -0.2) is 9.78 Å². The number of benzene rings is 1. The van der Waals surface area contributed by atoms with Gasteiger partial charge in [-0.2, -0.15) is 0 Å². The minimum Gasteiger partial charge on any atom is -0.489 e. The lowest BCUT2D eigenvalue weighted by Crippen LogP contribution is -2.06. The van der Waals surface area contributed by atoms with Crippen LogP contribution in [0.15, 0.2) is 30.3 Å². The maximum atomic E-state index is 11.5. The summed E-state index contributed by atoms with van der Waals surface area (Å²) >= 11 is 0. The Hall–Kier alpha value is -2.36. The van der Waals surface area contributed by atoms with Crippen molar-refractivity contribution in [3.63, 3.8) is 0 Å². The summed E-state index contributed by atoms with van der Waals surface area (Å²) in [6.07, 6.45) is 3.27. The number of para-hydroxylation sites is 1. The minimum atomic E-state index is -0.347. The molecule has 2 rings (SSSR count). The lowest BCUT2D eigenvalue weighted by molar-refractivity contribution is -0.137. The highest BCUT2D eigenvalue weighted by Crippen LogP contribution is 2.28. The smallest absolute Gasteiger partial charge is 0.330 e. The number of aryl methyl sites for hydroxylation is 1. The van der Waals surface area contributed by atoms with Crippen LogP contribution in [0.2, 0.25) is 0 Å². The van der Waals surface area contributed by atoms with Crippen molar-refractivity contribution in [2.75, 3.05) is 6.61 Å². The van der Waals surface area contributed by atoms with E-state index in [-0.39, 0.29) is 12.1 Å². The number of aromatic nitrogens is 1. The van der Waals surface area contributed by atoms with Crippen molar-refractivity contribution in [1.82, 2.24) is 4.98 Å². The summed E-state index contributed by atoms with van der Waals surface area (Å²) < 4.78 is 10.7. The van der Waals surface area contributed by atoms with Crippen LogP contribution in [-0.2, 0) is 9.53 Å². The summed E-state index contributed by atoms with van der Waals surface area (Å²) in [6.45, 7) is 8.04. The van der Waals surface area contributed by atoms with Gasteiger partial charge < -0.3 is 9.47 Å². The number of esters is 1. The van der Waals surface area contributed by atoms with Gasteiger partial charge in [0.1, 0.15) is 11.3 Å². The molecular weight excluding hydrogens is 278 g/mol. The van der Waals surface area contributed by atoms with E-state index in [1.165, 1.54) is 6.08 Å². The molecule has 0 aliphatic carbocycles. The molecule has 4 nitrogen and oxygen atoms in total. The van der Waals surface area contributed by atoms with Crippen LogP contribution in [0.3, 0.4) is 0 Å². The highest BCUT2D eigenvalue weighted by Gasteiger charge is 2.09. The molecule has 0 radical (unpaired) electrons. The molecule has 0 amide bonds. The number of hydrogen-bond donors (Lipinski definition) is 0. The third-order valence-corrected chi connectivity index (χ3v) is 3.01. The van der Waals surface area contributed by atoms with Crippen molar-refractivity contribution in [3.8, 4) is 5.75 Å². The Balaban J connectivity index is 2.49. The van der Waals surface area contributed by atoms with Crippen molar-refractivity contribution in [2.24, 2.45) is 0 Å². The summed E-state index contributed by atoms with van der Waals surface area (Å²) in [5.74, 6) is 0.404. The average Bonchev–Trinajstić information content (AvgIpc) is 2.45. The summed E-state index contributed by atoms with van der Waals surface area (Å²) in [5.41, 5.74) is 2.60. The van der Waals surface area contributed by atoms with Crippen molar-refractivity contribution in [2.45, 2.75) is 33.8 Å². The Morgan fingerprint density at radius 1 is 1.36 bits per heavy atom. The third-order valence-electron chi connectivity index (χ3n) is 3.01. The van der Waals surface area contributed by atoms with Crippen LogP contribution in [0.25, 0.3) is 17.0 Å². The molecule has 22 heavy (non-hydrogen) atoms. The van der Waals surface area contributed by atoms with Crippen molar-refractivity contribution in [1.29, 1.82) is 0 Å². The molecule has 0 aliphatic heterocycles. The van der Waals surface area contributed by atoms with Crippen LogP contribution < -0.4 is 4.74 Å². The SMILES string of the molecule is CCOC(=O)/C=C/c1cc(C)nc2c(OC(C)C)cccc12. The third kappa shape index (κ3) is 3.85. The molecule has 2 aromatic rings. The van der Waals surface area contributed by atoms with Gasteiger partial charge in [-0.1, -0.05) is 12.1 Å². The summed E-state index contributed by atoms with van der Waals surface area (Å²) in [7, 11) is 0. The first-order chi connectivity index (χ1) is 10.5. The van der Waals surface area contributed by atoms with Crippen molar-refractivity contribution < 1.29 is 14.3 Å². The second kappa shape index (κ2) is 7.07. The molecule has 1 aromatic carbocycles. The van der Waals surface area contributed by atoms with Gasteiger partial charge in [-0.3, -0.25) is 0 Å². The summed E-state index contributed by atoms with van der Waals surface area (Å²) in [4.78, 5) is 16.1. The number of fused-ring (bicyclic) bond motifs is 1. The number of nitrogens with zero attached hydrogens (tertiary/aromatic N) is 1. The molecule has 0 N–H and O–H groups in total. The number of ether oxygens (including phenoxy) is 2. The fourth-order valence-corrected chi connectivity index (χ4v) is 2.22. The summed E-state index contributed by atoms with van der Waals surface area (Å²) in [5, 5.41) is 0.948. The average molecular weight is 299 g/mol. The molecule has 4 heteroatoms. The molecule has 0 fully saturated rings. The van der Waals surface area contributed by atoms with Gasteiger partial charge >= 0.3 is 5.97 Å². The highest BCUT2D eigenvalue weighted by atomic mass is 16.5. The quantitative estimate of drug-likeness (QED) is 0.620. The number of rotatable bonds is 5. The largest absolute Gasteiger partial charge is 0.489 e. The Bertz CT molecular complexity index is 705. The van der Waals surface area contributed by atoms with E-state index in [1.807, 2.05) is 45.0 Å². The maximum absolute atomic E-state index is 11.5. The van der Waals surface area contributed by atoms with Gasteiger partial charge in [-0.15, -0.1) is 0 Å². The van der Waals surface area contributed by atoms with E-state index in [0.29, 0.717) is 6.61 Å². The van der Waals surface area contributed by atoms with Crippen molar-refractivity contribution in [3.05, 3.63) is 41.6 Å². The summed E-state index contributed by atoms with van der Waals surface area (Å²) in [6, 6.07) is 7.75. The molecule has 0 atom stereocenters. The normalized spacial score (nSPS) is 11.3. The molecule has 0 saturated carbocycles. The fraction of sp³-hybridized carbons (Fsp3) is 0.333. The number of carbonyl (C=O) groups excluding carboxylic acids is 1. The van der Waals surface area contributed by atoms with Gasteiger partial charge in [-0.05, 0) is 51.5 Å². The molecule has 0 aliphatic rings. The van der Waals surface area contributed by atoms with Crippen LogP contribution in [0, 0.1) is 6.92 Å². The second-order valence-corrected chi connectivity index (χ2v) is 5.26. The Morgan fingerprint density at radius 3 is 2.82 bits per heavy atom. The maximum Gasteiger partial charge on any atom is 0.330 e. The molecule has 0 spiro atoms. The van der Waals surface area contributed by atoms with E-state index in [9.17, 15) is 4.79 Å². The number of hydrogen-bond acceptors (Lipinski definition) is 4. The van der Waals surface area contributed by atoms with Crippen LogP contribution in [0.1, 0.15) is 32.0 Å². The van der Waals surface area contributed by atoms with E-state index >= 15 is 0 Å². The predicted molar refractivity (Wildman–Crippen MR) is 87.9 cm³/mol. The molecule has 0 saturated heterocycles. The van der Waals surface area contributed by atoms with Crippen LogP contribution >= 0.6 is 0 Å².